The molecule has 3 nitrogen and oxygen atoms in total. The number of unbranched alkanes of at least 4 members (excludes halogenated alkanes) is 1. The van der Waals surface area contributed by atoms with Crippen LogP contribution < -0.4 is 5.73 Å². The Morgan fingerprint density at radius 1 is 1.54 bits per heavy atom. The minimum absolute atomic E-state index is 0.0404. The van der Waals surface area contributed by atoms with E-state index >= 15 is 0 Å². The van der Waals surface area contributed by atoms with E-state index in [0.29, 0.717) is 6.61 Å². The molecule has 0 heterocycles. The van der Waals surface area contributed by atoms with E-state index in [1.54, 1.807) is 0 Å². The van der Waals surface area contributed by atoms with E-state index in [2.05, 4.69) is 6.92 Å². The summed E-state index contributed by atoms with van der Waals surface area (Å²) in [7, 11) is 0. The SMILES string of the molecule is CCCCOC(=O)C1CCC(N)C1. The lowest BCUT2D eigenvalue weighted by molar-refractivity contribution is -0.148. The van der Waals surface area contributed by atoms with Gasteiger partial charge in [-0.3, -0.25) is 4.79 Å². The highest BCUT2D eigenvalue weighted by molar-refractivity contribution is 5.72. The first kappa shape index (κ1) is 10.5. The first-order valence-corrected chi connectivity index (χ1v) is 5.16. The normalized spacial score (nSPS) is 27.5. The zero-order valence-electron chi connectivity index (χ0n) is 8.29. The van der Waals surface area contributed by atoms with Gasteiger partial charge in [-0.1, -0.05) is 13.3 Å². The summed E-state index contributed by atoms with van der Waals surface area (Å²) in [4.78, 5) is 11.4. The number of rotatable bonds is 4. The lowest BCUT2D eigenvalue weighted by Crippen LogP contribution is -2.19. The van der Waals surface area contributed by atoms with Crippen LogP contribution in [0.25, 0.3) is 0 Å². The molecule has 0 aromatic heterocycles. The number of carbonyl (C=O) groups is 1. The van der Waals surface area contributed by atoms with Crippen molar-refractivity contribution in [1.29, 1.82) is 0 Å². The number of carbonyl (C=O) groups excluding carboxylic acids is 1. The van der Waals surface area contributed by atoms with Gasteiger partial charge < -0.3 is 10.5 Å². The first-order chi connectivity index (χ1) is 6.24. The third kappa shape index (κ3) is 3.35. The fourth-order valence-corrected chi connectivity index (χ4v) is 1.67. The molecule has 2 unspecified atom stereocenters. The van der Waals surface area contributed by atoms with E-state index in [1.165, 1.54) is 0 Å². The summed E-state index contributed by atoms with van der Waals surface area (Å²) in [6.07, 6.45) is 4.71. The van der Waals surface area contributed by atoms with E-state index < -0.39 is 0 Å². The molecule has 13 heavy (non-hydrogen) atoms. The molecule has 1 saturated carbocycles. The largest absolute Gasteiger partial charge is 0.465 e. The minimum Gasteiger partial charge on any atom is -0.465 e. The summed E-state index contributed by atoms with van der Waals surface area (Å²) in [5, 5.41) is 0. The molecule has 2 atom stereocenters. The molecule has 1 aliphatic rings. The van der Waals surface area contributed by atoms with Gasteiger partial charge in [-0.05, 0) is 25.7 Å². The Kier molecular flexibility index (Phi) is 4.22. The Balaban J connectivity index is 2.16. The second kappa shape index (κ2) is 5.22. The molecule has 0 saturated heterocycles. The van der Waals surface area contributed by atoms with Crippen molar-refractivity contribution >= 4 is 5.97 Å². The predicted octanol–water partition coefficient (Wildman–Crippen LogP) is 1.46. The summed E-state index contributed by atoms with van der Waals surface area (Å²) in [6.45, 7) is 2.65. The first-order valence-electron chi connectivity index (χ1n) is 5.16. The molecule has 2 N–H and O–H groups in total. The molecule has 0 aliphatic heterocycles. The average Bonchev–Trinajstić information content (AvgIpc) is 2.52. The van der Waals surface area contributed by atoms with Gasteiger partial charge in [-0.25, -0.2) is 0 Å². The Morgan fingerprint density at radius 2 is 2.31 bits per heavy atom. The maximum atomic E-state index is 11.4. The van der Waals surface area contributed by atoms with E-state index in [4.69, 9.17) is 10.5 Å². The Hall–Kier alpha value is -0.570. The molecule has 0 aromatic rings. The smallest absolute Gasteiger partial charge is 0.308 e. The van der Waals surface area contributed by atoms with Crippen LogP contribution in [0.1, 0.15) is 39.0 Å². The van der Waals surface area contributed by atoms with Crippen molar-refractivity contribution in [1.82, 2.24) is 0 Å². The van der Waals surface area contributed by atoms with Gasteiger partial charge in [0.05, 0.1) is 12.5 Å². The zero-order chi connectivity index (χ0) is 9.68. The topological polar surface area (TPSA) is 52.3 Å². The molecule has 1 aliphatic carbocycles. The van der Waals surface area contributed by atoms with Crippen LogP contribution in [-0.2, 0) is 9.53 Å². The lowest BCUT2D eigenvalue weighted by Gasteiger charge is -2.09. The van der Waals surface area contributed by atoms with E-state index in [1.807, 2.05) is 0 Å². The average molecular weight is 185 g/mol. The maximum Gasteiger partial charge on any atom is 0.308 e. The number of hydrogen-bond donors (Lipinski definition) is 1. The molecule has 1 rings (SSSR count). The fraction of sp³-hybridized carbons (Fsp3) is 0.900. The molecule has 0 bridgehead atoms. The quantitative estimate of drug-likeness (QED) is 0.533. The summed E-state index contributed by atoms with van der Waals surface area (Å²) in [5.41, 5.74) is 5.71. The summed E-state index contributed by atoms with van der Waals surface area (Å²) < 4.78 is 5.12. The van der Waals surface area contributed by atoms with Crippen LogP contribution in [-0.4, -0.2) is 18.6 Å². The molecule has 0 radical (unpaired) electrons. The minimum atomic E-state index is -0.0404. The standard InChI is InChI=1S/C10H19NO2/c1-2-3-6-13-10(12)8-4-5-9(11)7-8/h8-9H,2-7,11H2,1H3. The second-order valence-corrected chi connectivity index (χ2v) is 3.79. The van der Waals surface area contributed by atoms with Crippen LogP contribution in [0.3, 0.4) is 0 Å². The summed E-state index contributed by atoms with van der Waals surface area (Å²) in [6, 6.07) is 0.212. The monoisotopic (exact) mass is 185 g/mol. The molecule has 76 valence electrons. The van der Waals surface area contributed by atoms with Gasteiger partial charge in [-0.2, -0.15) is 0 Å². The van der Waals surface area contributed by atoms with E-state index in [9.17, 15) is 4.79 Å². The molecule has 0 aromatic carbocycles. The molecule has 0 spiro atoms. The van der Waals surface area contributed by atoms with Gasteiger partial charge in [0, 0.05) is 6.04 Å². The molecule has 3 heteroatoms. The zero-order valence-corrected chi connectivity index (χ0v) is 8.29. The van der Waals surface area contributed by atoms with Crippen LogP contribution in [0.2, 0.25) is 0 Å². The summed E-state index contributed by atoms with van der Waals surface area (Å²) in [5.74, 6) is 0.0354. The number of esters is 1. The van der Waals surface area contributed by atoms with Crippen LogP contribution in [0.4, 0.5) is 0 Å². The fourth-order valence-electron chi connectivity index (χ4n) is 1.67. The van der Waals surface area contributed by atoms with Crippen LogP contribution in [0.5, 0.6) is 0 Å². The van der Waals surface area contributed by atoms with Crippen LogP contribution in [0, 0.1) is 5.92 Å². The molecular formula is C10H19NO2. The van der Waals surface area contributed by atoms with Gasteiger partial charge in [-0.15, -0.1) is 0 Å². The Morgan fingerprint density at radius 3 is 2.85 bits per heavy atom. The highest BCUT2D eigenvalue weighted by Gasteiger charge is 2.28. The van der Waals surface area contributed by atoms with E-state index in [-0.39, 0.29) is 17.9 Å². The van der Waals surface area contributed by atoms with Crippen LogP contribution in [0.15, 0.2) is 0 Å². The highest BCUT2D eigenvalue weighted by Crippen LogP contribution is 2.25. The third-order valence-electron chi connectivity index (χ3n) is 2.55. The molecular weight excluding hydrogens is 166 g/mol. The molecule has 1 fully saturated rings. The van der Waals surface area contributed by atoms with Crippen molar-refractivity contribution in [3.05, 3.63) is 0 Å². The number of hydrogen-bond acceptors (Lipinski definition) is 3. The van der Waals surface area contributed by atoms with Crippen molar-refractivity contribution in [2.75, 3.05) is 6.61 Å². The van der Waals surface area contributed by atoms with Gasteiger partial charge in [0.25, 0.3) is 0 Å². The second-order valence-electron chi connectivity index (χ2n) is 3.79. The Labute approximate surface area is 79.6 Å². The van der Waals surface area contributed by atoms with Crippen molar-refractivity contribution in [2.24, 2.45) is 11.7 Å². The van der Waals surface area contributed by atoms with Crippen molar-refractivity contribution in [3.63, 3.8) is 0 Å². The molecule has 0 amide bonds. The maximum absolute atomic E-state index is 11.4. The van der Waals surface area contributed by atoms with Gasteiger partial charge in [0.15, 0.2) is 0 Å². The van der Waals surface area contributed by atoms with Crippen molar-refractivity contribution < 1.29 is 9.53 Å². The van der Waals surface area contributed by atoms with Crippen molar-refractivity contribution in [2.45, 2.75) is 45.1 Å². The van der Waals surface area contributed by atoms with Gasteiger partial charge >= 0.3 is 5.97 Å². The highest BCUT2D eigenvalue weighted by atomic mass is 16.5. The number of nitrogens with two attached hydrogens (primary N) is 1. The third-order valence-corrected chi connectivity index (χ3v) is 2.55. The number of ether oxygens (including phenoxy) is 1. The van der Waals surface area contributed by atoms with Gasteiger partial charge in [0.2, 0.25) is 0 Å². The predicted molar refractivity (Wildman–Crippen MR) is 51.2 cm³/mol. The van der Waals surface area contributed by atoms with E-state index in [0.717, 1.165) is 32.1 Å². The van der Waals surface area contributed by atoms with Crippen LogP contribution >= 0.6 is 0 Å². The Bertz CT molecular complexity index is 170. The van der Waals surface area contributed by atoms with Crippen molar-refractivity contribution in [3.8, 4) is 0 Å². The summed E-state index contributed by atoms with van der Waals surface area (Å²) >= 11 is 0. The lowest BCUT2D eigenvalue weighted by atomic mass is 10.1. The van der Waals surface area contributed by atoms with Gasteiger partial charge in [0.1, 0.15) is 0 Å².